The van der Waals surface area contributed by atoms with E-state index in [1.807, 2.05) is 0 Å². The van der Waals surface area contributed by atoms with Crippen molar-refractivity contribution in [2.45, 2.75) is 45.1 Å². The van der Waals surface area contributed by atoms with Crippen molar-refractivity contribution in [3.05, 3.63) is 5.82 Å². The minimum Gasteiger partial charge on any atom is -0.366 e. The number of aromatic nitrogens is 3. The zero-order valence-electron chi connectivity index (χ0n) is 10.1. The highest BCUT2D eigenvalue weighted by Gasteiger charge is 2.23. The number of carbonyl (C=O) groups excluding carboxylic acids is 1. The van der Waals surface area contributed by atoms with Crippen LogP contribution >= 0.6 is 0 Å². The molecule has 6 nitrogen and oxygen atoms in total. The Morgan fingerprint density at radius 2 is 2.18 bits per heavy atom. The van der Waals surface area contributed by atoms with Crippen LogP contribution in [-0.4, -0.2) is 27.1 Å². The summed E-state index contributed by atoms with van der Waals surface area (Å²) in [7, 11) is 0. The molecule has 1 fully saturated rings. The summed E-state index contributed by atoms with van der Waals surface area (Å²) in [5, 5.41) is 9.19. The molecule has 0 radical (unpaired) electrons. The maximum atomic E-state index is 11.9. The van der Waals surface area contributed by atoms with Crippen LogP contribution in [0.3, 0.4) is 0 Å². The summed E-state index contributed by atoms with van der Waals surface area (Å²) in [6.45, 7) is 2.19. The zero-order valence-corrected chi connectivity index (χ0v) is 10.1. The number of anilines is 1. The van der Waals surface area contributed by atoms with Gasteiger partial charge in [-0.3, -0.25) is 9.89 Å². The van der Waals surface area contributed by atoms with Crippen LogP contribution in [-0.2, 0) is 0 Å². The summed E-state index contributed by atoms with van der Waals surface area (Å²) in [4.78, 5) is 15.7. The molecule has 1 aliphatic carbocycles. The Bertz CT molecular complexity index is 389. The number of nitrogens with one attached hydrogen (secondary N) is 2. The van der Waals surface area contributed by atoms with E-state index in [0.29, 0.717) is 5.92 Å². The second-order valence-electron chi connectivity index (χ2n) is 4.74. The molecular formula is C11H19N5O. The van der Waals surface area contributed by atoms with Gasteiger partial charge in [0, 0.05) is 6.04 Å². The molecule has 94 valence electrons. The lowest BCUT2D eigenvalue weighted by atomic mass is 9.97. The predicted octanol–water partition coefficient (Wildman–Crippen LogP) is 1.09. The van der Waals surface area contributed by atoms with Gasteiger partial charge in [-0.2, -0.15) is 4.98 Å². The number of rotatable bonds is 2. The number of hydrogen-bond acceptors (Lipinski definition) is 4. The summed E-state index contributed by atoms with van der Waals surface area (Å²) >= 11 is 0. The normalized spacial score (nSPS) is 25.2. The summed E-state index contributed by atoms with van der Waals surface area (Å²) in [5.41, 5.74) is 5.37. The van der Waals surface area contributed by atoms with Crippen LogP contribution in [0.15, 0.2) is 0 Å². The monoisotopic (exact) mass is 237 g/mol. The Morgan fingerprint density at radius 3 is 2.88 bits per heavy atom. The van der Waals surface area contributed by atoms with Gasteiger partial charge >= 0.3 is 0 Å². The van der Waals surface area contributed by atoms with Crippen molar-refractivity contribution in [3.8, 4) is 0 Å². The number of nitrogens with two attached hydrogens (primary N) is 1. The van der Waals surface area contributed by atoms with Crippen LogP contribution in [0.5, 0.6) is 0 Å². The molecule has 0 aromatic carbocycles. The number of hydrogen-bond donors (Lipinski definition) is 3. The van der Waals surface area contributed by atoms with Crippen molar-refractivity contribution in [3.63, 3.8) is 0 Å². The second-order valence-corrected chi connectivity index (χ2v) is 4.74. The highest BCUT2D eigenvalue weighted by Crippen LogP contribution is 2.23. The van der Waals surface area contributed by atoms with Crippen LogP contribution in [0.25, 0.3) is 0 Å². The summed E-state index contributed by atoms with van der Waals surface area (Å²) in [6, 6.07) is 0.233. The van der Waals surface area contributed by atoms with Crippen molar-refractivity contribution in [2.75, 3.05) is 5.73 Å². The standard InChI is InChI=1S/C11H19N5O/c1-7-5-3-2-4-6-8(7)13-10(17)9-14-11(12)16-15-9/h7-8H,2-6H2,1H3,(H,13,17)(H3,12,14,15,16). The van der Waals surface area contributed by atoms with E-state index in [2.05, 4.69) is 27.4 Å². The van der Waals surface area contributed by atoms with Gasteiger partial charge in [0.25, 0.3) is 5.91 Å². The Morgan fingerprint density at radius 1 is 1.41 bits per heavy atom. The van der Waals surface area contributed by atoms with Crippen molar-refractivity contribution in [1.29, 1.82) is 0 Å². The van der Waals surface area contributed by atoms with E-state index < -0.39 is 0 Å². The fraction of sp³-hybridized carbons (Fsp3) is 0.727. The largest absolute Gasteiger partial charge is 0.366 e. The van der Waals surface area contributed by atoms with Gasteiger partial charge in [-0.05, 0) is 18.8 Å². The molecule has 0 aliphatic heterocycles. The zero-order chi connectivity index (χ0) is 12.3. The van der Waals surface area contributed by atoms with Gasteiger partial charge in [-0.15, -0.1) is 5.10 Å². The second kappa shape index (κ2) is 5.16. The van der Waals surface area contributed by atoms with Crippen LogP contribution < -0.4 is 11.1 Å². The number of aromatic amines is 1. The van der Waals surface area contributed by atoms with Crippen molar-refractivity contribution in [1.82, 2.24) is 20.5 Å². The fourth-order valence-electron chi connectivity index (χ4n) is 2.32. The quantitative estimate of drug-likeness (QED) is 0.671. The number of amides is 1. The van der Waals surface area contributed by atoms with Gasteiger partial charge in [0.05, 0.1) is 0 Å². The highest BCUT2D eigenvalue weighted by atomic mass is 16.2. The molecule has 6 heteroatoms. The molecule has 1 aromatic rings. The molecule has 0 saturated heterocycles. The molecule has 2 unspecified atom stereocenters. The first kappa shape index (κ1) is 11.9. The molecule has 1 saturated carbocycles. The van der Waals surface area contributed by atoms with Gasteiger partial charge in [0.1, 0.15) is 0 Å². The highest BCUT2D eigenvalue weighted by molar-refractivity contribution is 5.90. The lowest BCUT2D eigenvalue weighted by Gasteiger charge is -2.22. The first-order valence-corrected chi connectivity index (χ1v) is 6.15. The Balaban J connectivity index is 1.97. The number of nitrogens with zero attached hydrogens (tertiary/aromatic N) is 2. The average Bonchev–Trinajstić information content (AvgIpc) is 2.63. The van der Waals surface area contributed by atoms with E-state index in [-0.39, 0.29) is 23.7 Å². The SMILES string of the molecule is CC1CCCCCC1NC(=O)c1nc(N)n[nH]1. The molecule has 0 spiro atoms. The minimum atomic E-state index is -0.215. The van der Waals surface area contributed by atoms with Gasteiger partial charge < -0.3 is 11.1 Å². The molecule has 1 aliphatic rings. The Hall–Kier alpha value is -1.59. The molecular weight excluding hydrogens is 218 g/mol. The van der Waals surface area contributed by atoms with E-state index in [1.165, 1.54) is 25.7 Å². The molecule has 2 rings (SSSR count). The lowest BCUT2D eigenvalue weighted by molar-refractivity contribution is 0.0911. The lowest BCUT2D eigenvalue weighted by Crippen LogP contribution is -2.39. The van der Waals surface area contributed by atoms with Crippen molar-refractivity contribution >= 4 is 11.9 Å². The minimum absolute atomic E-state index is 0.101. The van der Waals surface area contributed by atoms with Crippen LogP contribution in [0, 0.1) is 5.92 Å². The Kier molecular flexibility index (Phi) is 3.61. The molecule has 17 heavy (non-hydrogen) atoms. The third-order valence-corrected chi connectivity index (χ3v) is 3.40. The average molecular weight is 237 g/mol. The molecule has 1 heterocycles. The molecule has 1 amide bonds. The summed E-state index contributed by atoms with van der Waals surface area (Å²) < 4.78 is 0. The molecule has 0 bridgehead atoms. The number of H-pyrrole nitrogens is 1. The van der Waals surface area contributed by atoms with Crippen LogP contribution in [0.1, 0.15) is 49.6 Å². The predicted molar refractivity (Wildman–Crippen MR) is 64.3 cm³/mol. The molecule has 1 aromatic heterocycles. The topological polar surface area (TPSA) is 96.7 Å². The van der Waals surface area contributed by atoms with Gasteiger partial charge in [-0.25, -0.2) is 0 Å². The molecule has 2 atom stereocenters. The fourth-order valence-corrected chi connectivity index (χ4v) is 2.32. The van der Waals surface area contributed by atoms with E-state index in [0.717, 1.165) is 6.42 Å². The van der Waals surface area contributed by atoms with Gasteiger partial charge in [0.2, 0.25) is 11.8 Å². The summed E-state index contributed by atoms with van der Waals surface area (Å²) in [5.74, 6) is 0.595. The van der Waals surface area contributed by atoms with E-state index in [1.54, 1.807) is 0 Å². The third-order valence-electron chi connectivity index (χ3n) is 3.40. The van der Waals surface area contributed by atoms with Crippen molar-refractivity contribution in [2.24, 2.45) is 5.92 Å². The molecule has 4 N–H and O–H groups in total. The third kappa shape index (κ3) is 2.95. The van der Waals surface area contributed by atoms with E-state index >= 15 is 0 Å². The van der Waals surface area contributed by atoms with Crippen LogP contribution in [0.2, 0.25) is 0 Å². The maximum absolute atomic E-state index is 11.9. The van der Waals surface area contributed by atoms with Crippen LogP contribution in [0.4, 0.5) is 5.95 Å². The first-order chi connectivity index (χ1) is 8.16. The number of carbonyl (C=O) groups is 1. The van der Waals surface area contributed by atoms with E-state index in [9.17, 15) is 4.79 Å². The number of nitrogen functional groups attached to an aromatic ring is 1. The van der Waals surface area contributed by atoms with Gasteiger partial charge in [-0.1, -0.05) is 26.2 Å². The smallest absolute Gasteiger partial charge is 0.288 e. The first-order valence-electron chi connectivity index (χ1n) is 6.15. The van der Waals surface area contributed by atoms with E-state index in [4.69, 9.17) is 5.73 Å². The summed E-state index contributed by atoms with van der Waals surface area (Å²) in [6.07, 6.45) is 5.89. The maximum Gasteiger partial charge on any atom is 0.288 e. The van der Waals surface area contributed by atoms with Gasteiger partial charge in [0.15, 0.2) is 0 Å². The van der Waals surface area contributed by atoms with Crippen molar-refractivity contribution < 1.29 is 4.79 Å². The Labute approximate surface area is 100 Å².